The maximum atomic E-state index is 13.3. The van der Waals surface area contributed by atoms with Gasteiger partial charge in [0.25, 0.3) is 5.91 Å². The topological polar surface area (TPSA) is 69.2 Å². The number of aromatic nitrogens is 2. The van der Waals surface area contributed by atoms with Crippen molar-refractivity contribution in [1.82, 2.24) is 14.9 Å². The van der Waals surface area contributed by atoms with Gasteiger partial charge < -0.3 is 10.1 Å². The zero-order chi connectivity index (χ0) is 18.6. The molecule has 3 heterocycles. The maximum Gasteiger partial charge on any atom is 0.257 e. The Morgan fingerprint density at radius 2 is 2.04 bits per heavy atom. The quantitative estimate of drug-likeness (QED) is 0.568. The molecule has 5 rings (SSSR count). The number of imidazole rings is 1. The van der Waals surface area contributed by atoms with E-state index in [1.54, 1.807) is 28.6 Å². The third kappa shape index (κ3) is 2.20. The van der Waals surface area contributed by atoms with Crippen molar-refractivity contribution in [2.24, 2.45) is 0 Å². The third-order valence-electron chi connectivity index (χ3n) is 5.27. The smallest absolute Gasteiger partial charge is 0.257 e. The van der Waals surface area contributed by atoms with Crippen molar-refractivity contribution in [2.75, 3.05) is 0 Å². The molecule has 0 fully saturated rings. The van der Waals surface area contributed by atoms with Crippen LogP contribution in [-0.4, -0.2) is 25.9 Å². The zero-order valence-corrected chi connectivity index (χ0v) is 15.4. The molecule has 5 nitrogen and oxygen atoms in total. The van der Waals surface area contributed by atoms with E-state index in [0.717, 1.165) is 15.9 Å². The molecule has 2 atom stereocenters. The molecule has 0 saturated heterocycles. The van der Waals surface area contributed by atoms with Gasteiger partial charge in [-0.25, -0.2) is 4.98 Å². The van der Waals surface area contributed by atoms with E-state index in [1.807, 2.05) is 60.8 Å². The van der Waals surface area contributed by atoms with Crippen molar-refractivity contribution in [2.45, 2.75) is 18.7 Å². The van der Waals surface area contributed by atoms with Crippen LogP contribution in [-0.2, 0) is 5.72 Å². The number of aromatic amines is 1. The summed E-state index contributed by atoms with van der Waals surface area (Å²) in [6, 6.07) is 16.5. The minimum Gasteiger partial charge on any atom is -0.363 e. The minimum atomic E-state index is -1.55. The van der Waals surface area contributed by atoms with Crippen molar-refractivity contribution in [3.05, 3.63) is 87.9 Å². The van der Waals surface area contributed by atoms with E-state index in [-0.39, 0.29) is 11.9 Å². The number of aliphatic hydroxyl groups is 1. The Hall–Kier alpha value is -2.96. The molecule has 0 aliphatic carbocycles. The Labute approximate surface area is 159 Å². The standard InChI is InChI=1S/C21H17N3O2S/c1-13(19-7-4-10-27-19)24-20(25)15-5-2-3-6-16(15)21(24,26)14-8-9-17-18(11-14)23-12-22-17/h2-13,26H,1H3,(H,22,23). The number of nitrogens with one attached hydrogen (secondary N) is 1. The number of rotatable bonds is 3. The van der Waals surface area contributed by atoms with Gasteiger partial charge in [0.2, 0.25) is 0 Å². The van der Waals surface area contributed by atoms with Crippen LogP contribution in [0.15, 0.2) is 66.3 Å². The van der Waals surface area contributed by atoms with Crippen LogP contribution >= 0.6 is 11.3 Å². The van der Waals surface area contributed by atoms with Gasteiger partial charge in [0.1, 0.15) is 0 Å². The number of thiophene rings is 1. The van der Waals surface area contributed by atoms with E-state index in [0.29, 0.717) is 16.7 Å². The highest BCUT2D eigenvalue weighted by Crippen LogP contribution is 2.47. The fourth-order valence-corrected chi connectivity index (χ4v) is 4.71. The lowest BCUT2D eigenvalue weighted by molar-refractivity contribution is -0.0670. The second-order valence-corrected chi connectivity index (χ2v) is 7.70. The number of hydrogen-bond acceptors (Lipinski definition) is 4. The number of amides is 1. The molecule has 4 aromatic rings. The second-order valence-electron chi connectivity index (χ2n) is 6.72. The monoisotopic (exact) mass is 375 g/mol. The summed E-state index contributed by atoms with van der Waals surface area (Å²) in [5.41, 5.74) is 1.88. The molecule has 27 heavy (non-hydrogen) atoms. The SMILES string of the molecule is CC(c1cccs1)N1C(=O)c2ccccc2C1(O)c1ccc2nc[nH]c2c1. The van der Waals surface area contributed by atoms with Crippen LogP contribution < -0.4 is 0 Å². The molecule has 0 radical (unpaired) electrons. The summed E-state index contributed by atoms with van der Waals surface area (Å²) in [5.74, 6) is -0.168. The molecule has 2 N–H and O–H groups in total. The average molecular weight is 375 g/mol. The number of carbonyl (C=O) groups excluding carboxylic acids is 1. The van der Waals surface area contributed by atoms with Crippen molar-refractivity contribution in [3.63, 3.8) is 0 Å². The molecule has 2 aromatic heterocycles. The summed E-state index contributed by atoms with van der Waals surface area (Å²) in [7, 11) is 0. The van der Waals surface area contributed by atoms with Crippen LogP contribution in [0.1, 0.15) is 39.3 Å². The predicted molar refractivity (Wildman–Crippen MR) is 104 cm³/mol. The Kier molecular flexibility index (Phi) is 3.47. The molecule has 134 valence electrons. The summed E-state index contributed by atoms with van der Waals surface area (Å²) in [6.07, 6.45) is 1.62. The number of carbonyl (C=O) groups is 1. The van der Waals surface area contributed by atoms with Crippen LogP contribution in [0.3, 0.4) is 0 Å². The highest BCUT2D eigenvalue weighted by molar-refractivity contribution is 7.10. The predicted octanol–water partition coefficient (Wildman–Crippen LogP) is 4.03. The first kappa shape index (κ1) is 16.2. The Morgan fingerprint density at radius 1 is 1.19 bits per heavy atom. The molecule has 1 aliphatic rings. The van der Waals surface area contributed by atoms with Crippen LogP contribution in [0.2, 0.25) is 0 Å². The van der Waals surface area contributed by atoms with Gasteiger partial charge in [0.05, 0.1) is 23.4 Å². The third-order valence-corrected chi connectivity index (χ3v) is 6.31. The van der Waals surface area contributed by atoms with Gasteiger partial charge in [-0.3, -0.25) is 9.69 Å². The average Bonchev–Trinajstić information content (AvgIpc) is 3.41. The fraction of sp³-hybridized carbons (Fsp3) is 0.143. The molecule has 6 heteroatoms. The maximum absolute atomic E-state index is 13.3. The highest BCUT2D eigenvalue weighted by atomic mass is 32.1. The molecular weight excluding hydrogens is 358 g/mol. The van der Waals surface area contributed by atoms with Crippen LogP contribution in [0.25, 0.3) is 11.0 Å². The molecule has 1 amide bonds. The Balaban J connectivity index is 1.75. The van der Waals surface area contributed by atoms with E-state index in [2.05, 4.69) is 9.97 Å². The van der Waals surface area contributed by atoms with E-state index < -0.39 is 5.72 Å². The molecule has 0 bridgehead atoms. The van der Waals surface area contributed by atoms with Crippen molar-refractivity contribution < 1.29 is 9.90 Å². The van der Waals surface area contributed by atoms with Gasteiger partial charge in [-0.1, -0.05) is 30.3 Å². The highest BCUT2D eigenvalue weighted by Gasteiger charge is 2.52. The zero-order valence-electron chi connectivity index (χ0n) is 14.6. The summed E-state index contributed by atoms with van der Waals surface area (Å²) in [6.45, 7) is 1.95. The van der Waals surface area contributed by atoms with Crippen molar-refractivity contribution in [1.29, 1.82) is 0 Å². The van der Waals surface area contributed by atoms with E-state index in [4.69, 9.17) is 0 Å². The Morgan fingerprint density at radius 3 is 2.85 bits per heavy atom. The summed E-state index contributed by atoms with van der Waals surface area (Å²) >= 11 is 1.58. The van der Waals surface area contributed by atoms with Gasteiger partial charge in [-0.15, -0.1) is 11.3 Å². The number of H-pyrrole nitrogens is 1. The lowest BCUT2D eigenvalue weighted by Gasteiger charge is -2.38. The first-order valence-corrected chi connectivity index (χ1v) is 9.61. The van der Waals surface area contributed by atoms with E-state index in [9.17, 15) is 9.90 Å². The molecular formula is C21H17N3O2S. The normalized spacial score (nSPS) is 20.2. The summed E-state index contributed by atoms with van der Waals surface area (Å²) < 4.78 is 0. The lowest BCUT2D eigenvalue weighted by atomic mass is 9.93. The van der Waals surface area contributed by atoms with Crippen molar-refractivity contribution >= 4 is 28.3 Å². The van der Waals surface area contributed by atoms with E-state index in [1.165, 1.54) is 0 Å². The first-order chi connectivity index (χ1) is 13.1. The second kappa shape index (κ2) is 5.77. The molecule has 2 aromatic carbocycles. The van der Waals surface area contributed by atoms with Crippen LogP contribution in [0.4, 0.5) is 0 Å². The summed E-state index contributed by atoms with van der Waals surface area (Å²) in [4.78, 5) is 23.2. The number of benzene rings is 2. The number of fused-ring (bicyclic) bond motifs is 2. The van der Waals surface area contributed by atoms with Gasteiger partial charge in [-0.05, 0) is 36.6 Å². The fourth-order valence-electron chi connectivity index (χ4n) is 3.94. The molecule has 0 spiro atoms. The van der Waals surface area contributed by atoms with Crippen LogP contribution in [0.5, 0.6) is 0 Å². The van der Waals surface area contributed by atoms with Gasteiger partial charge in [0.15, 0.2) is 5.72 Å². The molecule has 1 aliphatic heterocycles. The summed E-state index contributed by atoms with van der Waals surface area (Å²) in [5, 5.41) is 14.0. The van der Waals surface area contributed by atoms with Crippen molar-refractivity contribution in [3.8, 4) is 0 Å². The largest absolute Gasteiger partial charge is 0.363 e. The Bertz CT molecular complexity index is 1150. The lowest BCUT2D eigenvalue weighted by Crippen LogP contribution is -2.45. The molecule has 2 unspecified atom stereocenters. The number of nitrogens with zero attached hydrogens (tertiary/aromatic N) is 2. The van der Waals surface area contributed by atoms with Crippen LogP contribution in [0, 0.1) is 0 Å². The van der Waals surface area contributed by atoms with Gasteiger partial charge in [0, 0.05) is 21.6 Å². The van der Waals surface area contributed by atoms with Gasteiger partial charge in [-0.2, -0.15) is 0 Å². The van der Waals surface area contributed by atoms with Gasteiger partial charge >= 0.3 is 0 Å². The first-order valence-electron chi connectivity index (χ1n) is 8.73. The molecule has 0 saturated carbocycles. The number of hydrogen-bond donors (Lipinski definition) is 2. The minimum absolute atomic E-state index is 0.168. The van der Waals surface area contributed by atoms with E-state index >= 15 is 0 Å².